The molecule has 0 bridgehead atoms. The Morgan fingerprint density at radius 2 is 1.58 bits per heavy atom. The standard InChI is InChI=1S/C27H21NO5/c29-15-17-14-22(31)26(32)27(33-17)24(19-11-5-7-13-21(19)30)23-18-10-4-6-12-20(18)28-25(23)16-8-2-1-3-9-16/h1-14,24,28-30,32H,15H2. The fourth-order valence-electron chi connectivity index (χ4n) is 4.28. The summed E-state index contributed by atoms with van der Waals surface area (Å²) in [7, 11) is 0. The van der Waals surface area contributed by atoms with Gasteiger partial charge in [0.15, 0.2) is 5.76 Å². The highest BCUT2D eigenvalue weighted by atomic mass is 16.4. The van der Waals surface area contributed by atoms with Gasteiger partial charge >= 0.3 is 0 Å². The van der Waals surface area contributed by atoms with Crippen LogP contribution >= 0.6 is 0 Å². The van der Waals surface area contributed by atoms with Crippen LogP contribution < -0.4 is 5.43 Å². The van der Waals surface area contributed by atoms with Crippen LogP contribution in [0.4, 0.5) is 0 Å². The Balaban J connectivity index is 1.92. The number of aliphatic hydroxyl groups is 1. The molecule has 0 saturated heterocycles. The predicted molar refractivity (Wildman–Crippen MR) is 125 cm³/mol. The van der Waals surface area contributed by atoms with Crippen molar-refractivity contribution in [2.24, 2.45) is 0 Å². The molecule has 33 heavy (non-hydrogen) atoms. The van der Waals surface area contributed by atoms with E-state index in [0.29, 0.717) is 5.56 Å². The number of para-hydroxylation sites is 2. The van der Waals surface area contributed by atoms with Gasteiger partial charge < -0.3 is 24.7 Å². The summed E-state index contributed by atoms with van der Waals surface area (Å²) >= 11 is 0. The first kappa shape index (κ1) is 20.6. The van der Waals surface area contributed by atoms with Crippen LogP contribution in [0.5, 0.6) is 11.5 Å². The number of nitrogens with one attached hydrogen (secondary N) is 1. The number of fused-ring (bicyclic) bond motifs is 1. The molecule has 3 aromatic carbocycles. The van der Waals surface area contributed by atoms with Gasteiger partial charge in [-0.15, -0.1) is 0 Å². The van der Waals surface area contributed by atoms with Crippen molar-refractivity contribution in [3.05, 3.63) is 118 Å². The zero-order valence-corrected chi connectivity index (χ0v) is 17.5. The molecule has 2 heterocycles. The predicted octanol–water partition coefficient (Wildman–Crippen LogP) is 4.87. The molecular formula is C27H21NO5. The van der Waals surface area contributed by atoms with E-state index in [1.54, 1.807) is 24.3 Å². The molecule has 0 amide bonds. The average molecular weight is 439 g/mol. The van der Waals surface area contributed by atoms with Gasteiger partial charge in [0, 0.05) is 28.1 Å². The molecule has 1 atom stereocenters. The largest absolute Gasteiger partial charge is 0.508 e. The van der Waals surface area contributed by atoms with Gasteiger partial charge in [0.2, 0.25) is 11.2 Å². The summed E-state index contributed by atoms with van der Waals surface area (Å²) in [4.78, 5) is 16.0. The molecule has 0 aliphatic heterocycles. The van der Waals surface area contributed by atoms with Gasteiger partial charge in [-0.2, -0.15) is 0 Å². The van der Waals surface area contributed by atoms with Crippen LogP contribution in [-0.4, -0.2) is 20.3 Å². The molecule has 6 heteroatoms. The number of aliphatic hydroxyl groups excluding tert-OH is 1. The maximum atomic E-state index is 12.5. The van der Waals surface area contributed by atoms with E-state index in [-0.39, 0.29) is 17.3 Å². The van der Waals surface area contributed by atoms with E-state index in [2.05, 4.69) is 4.98 Å². The zero-order valence-electron chi connectivity index (χ0n) is 17.5. The number of hydrogen-bond acceptors (Lipinski definition) is 5. The molecule has 0 spiro atoms. The maximum Gasteiger partial charge on any atom is 0.227 e. The first-order valence-electron chi connectivity index (χ1n) is 10.5. The second-order valence-electron chi connectivity index (χ2n) is 7.77. The number of aromatic hydroxyl groups is 2. The fourth-order valence-corrected chi connectivity index (χ4v) is 4.28. The van der Waals surface area contributed by atoms with Crippen LogP contribution in [0.2, 0.25) is 0 Å². The summed E-state index contributed by atoms with van der Waals surface area (Å²) in [5.41, 5.74) is 3.03. The van der Waals surface area contributed by atoms with E-state index >= 15 is 0 Å². The van der Waals surface area contributed by atoms with E-state index < -0.39 is 23.7 Å². The summed E-state index contributed by atoms with van der Waals surface area (Å²) in [6, 6.07) is 25.2. The van der Waals surface area contributed by atoms with Gasteiger partial charge in [-0.25, -0.2) is 0 Å². The number of H-pyrrole nitrogens is 1. The Morgan fingerprint density at radius 1 is 0.879 bits per heavy atom. The number of phenolic OH excluding ortho intramolecular Hbond substituents is 1. The number of benzene rings is 3. The lowest BCUT2D eigenvalue weighted by molar-refractivity contribution is 0.234. The Hall–Kier alpha value is -4.29. The van der Waals surface area contributed by atoms with Crippen LogP contribution in [0.1, 0.15) is 28.6 Å². The van der Waals surface area contributed by atoms with E-state index in [0.717, 1.165) is 33.8 Å². The van der Waals surface area contributed by atoms with Crippen molar-refractivity contribution in [2.75, 3.05) is 0 Å². The average Bonchev–Trinajstić information content (AvgIpc) is 3.23. The normalized spacial score (nSPS) is 12.2. The molecule has 0 aliphatic rings. The minimum atomic E-state index is -0.836. The molecule has 0 aliphatic carbocycles. The quantitative estimate of drug-likeness (QED) is 0.313. The highest BCUT2D eigenvalue weighted by Gasteiger charge is 2.32. The number of hydrogen-bond donors (Lipinski definition) is 4. The third-order valence-corrected chi connectivity index (χ3v) is 5.76. The molecule has 2 aromatic heterocycles. The van der Waals surface area contributed by atoms with Crippen molar-refractivity contribution in [3.8, 4) is 22.8 Å². The van der Waals surface area contributed by atoms with E-state index in [4.69, 9.17) is 4.42 Å². The van der Waals surface area contributed by atoms with E-state index in [1.807, 2.05) is 54.6 Å². The molecule has 0 radical (unpaired) electrons. The monoisotopic (exact) mass is 439 g/mol. The summed E-state index contributed by atoms with van der Waals surface area (Å²) in [5, 5.41) is 32.1. The Kier molecular flexibility index (Phi) is 5.20. The molecular weight excluding hydrogens is 418 g/mol. The smallest absolute Gasteiger partial charge is 0.227 e. The van der Waals surface area contributed by atoms with Gasteiger partial charge in [-0.1, -0.05) is 66.7 Å². The summed E-state index contributed by atoms with van der Waals surface area (Å²) < 4.78 is 5.85. The Morgan fingerprint density at radius 3 is 2.33 bits per heavy atom. The second-order valence-corrected chi connectivity index (χ2v) is 7.77. The van der Waals surface area contributed by atoms with Gasteiger partial charge in [-0.05, 0) is 17.7 Å². The number of aromatic amines is 1. The highest BCUT2D eigenvalue weighted by Crippen LogP contribution is 2.46. The van der Waals surface area contributed by atoms with Gasteiger partial charge in [0.25, 0.3) is 0 Å². The third kappa shape index (κ3) is 3.56. The van der Waals surface area contributed by atoms with Crippen molar-refractivity contribution in [2.45, 2.75) is 12.5 Å². The molecule has 1 unspecified atom stereocenters. The van der Waals surface area contributed by atoms with Gasteiger partial charge in [-0.3, -0.25) is 4.79 Å². The molecule has 6 nitrogen and oxygen atoms in total. The first-order chi connectivity index (χ1) is 16.1. The summed E-state index contributed by atoms with van der Waals surface area (Å²) in [6.45, 7) is -0.505. The third-order valence-electron chi connectivity index (χ3n) is 5.76. The molecule has 5 rings (SSSR count). The molecule has 0 fully saturated rings. The summed E-state index contributed by atoms with van der Waals surface area (Å²) in [5.74, 6) is -1.44. The van der Waals surface area contributed by atoms with Crippen molar-refractivity contribution in [1.82, 2.24) is 4.98 Å². The van der Waals surface area contributed by atoms with Crippen molar-refractivity contribution < 1.29 is 19.7 Å². The van der Waals surface area contributed by atoms with E-state index in [1.165, 1.54) is 0 Å². The summed E-state index contributed by atoms with van der Waals surface area (Å²) in [6.07, 6.45) is 0. The van der Waals surface area contributed by atoms with E-state index in [9.17, 15) is 20.1 Å². The number of rotatable bonds is 5. The number of phenols is 1. The zero-order chi connectivity index (χ0) is 22.9. The van der Waals surface area contributed by atoms with Crippen LogP contribution in [-0.2, 0) is 6.61 Å². The van der Waals surface area contributed by atoms with Crippen molar-refractivity contribution in [1.29, 1.82) is 0 Å². The molecule has 5 aromatic rings. The number of aromatic nitrogens is 1. The second kappa shape index (κ2) is 8.33. The van der Waals surface area contributed by atoms with Gasteiger partial charge in [0.1, 0.15) is 18.1 Å². The Labute approximate surface area is 189 Å². The maximum absolute atomic E-state index is 12.5. The highest BCUT2D eigenvalue weighted by molar-refractivity contribution is 5.92. The lowest BCUT2D eigenvalue weighted by Gasteiger charge is -2.21. The lowest BCUT2D eigenvalue weighted by atomic mass is 9.84. The van der Waals surface area contributed by atoms with Crippen LogP contribution in [0.3, 0.4) is 0 Å². The lowest BCUT2D eigenvalue weighted by Crippen LogP contribution is -2.11. The van der Waals surface area contributed by atoms with Crippen molar-refractivity contribution in [3.63, 3.8) is 0 Å². The minimum absolute atomic E-state index is 0.0109. The van der Waals surface area contributed by atoms with Crippen LogP contribution in [0.15, 0.2) is 94.1 Å². The topological polar surface area (TPSA) is 107 Å². The molecule has 4 N–H and O–H groups in total. The fraction of sp³-hybridized carbons (Fsp3) is 0.0741. The first-order valence-corrected chi connectivity index (χ1v) is 10.5. The Bertz CT molecular complexity index is 1500. The van der Waals surface area contributed by atoms with Gasteiger partial charge in [0.05, 0.1) is 11.6 Å². The van der Waals surface area contributed by atoms with Crippen LogP contribution in [0.25, 0.3) is 22.2 Å². The molecule has 164 valence electrons. The van der Waals surface area contributed by atoms with Crippen molar-refractivity contribution >= 4 is 10.9 Å². The minimum Gasteiger partial charge on any atom is -0.508 e. The SMILES string of the molecule is O=c1cc(CO)oc(C(c2ccccc2O)c2c(-c3ccccc3)[nH]c3ccccc23)c1O. The van der Waals surface area contributed by atoms with Crippen LogP contribution in [0, 0.1) is 0 Å². The molecule has 0 saturated carbocycles.